The second-order valence-corrected chi connectivity index (χ2v) is 17.5. The third kappa shape index (κ3) is 17.9. The summed E-state index contributed by atoms with van der Waals surface area (Å²) >= 11 is 23.5. The lowest BCUT2D eigenvalue weighted by molar-refractivity contribution is 0.101. The summed E-state index contributed by atoms with van der Waals surface area (Å²) in [6.07, 6.45) is 5.38. The summed E-state index contributed by atoms with van der Waals surface area (Å²) in [5, 5.41) is 10.3. The van der Waals surface area contributed by atoms with Gasteiger partial charge in [0.2, 0.25) is 0 Å². The van der Waals surface area contributed by atoms with Gasteiger partial charge in [0.15, 0.2) is 11.5 Å². The van der Waals surface area contributed by atoms with Crippen LogP contribution >= 0.6 is 46.4 Å². The number of carbonyl (C=O) groups is 2. The number of para-hydroxylation sites is 1. The van der Waals surface area contributed by atoms with Gasteiger partial charge in [-0.1, -0.05) is 108 Å². The number of aromatic nitrogens is 2. The van der Waals surface area contributed by atoms with E-state index in [2.05, 4.69) is 27.5 Å². The fraction of sp³-hybridized carbons (Fsp3) is 0.107. The van der Waals surface area contributed by atoms with Gasteiger partial charge in [-0.2, -0.15) is 0 Å². The van der Waals surface area contributed by atoms with E-state index in [1.165, 1.54) is 0 Å². The normalized spacial score (nSPS) is 10.1. The number of nitrogens with two attached hydrogens (primary N) is 6. The monoisotopic (exact) mass is 1070 g/mol. The Morgan fingerprint density at radius 2 is 0.946 bits per heavy atom. The van der Waals surface area contributed by atoms with Crippen molar-refractivity contribution >= 4 is 125 Å². The molecule has 0 fully saturated rings. The molecule has 0 atom stereocenters. The number of halogens is 4. The van der Waals surface area contributed by atoms with Gasteiger partial charge in [-0.25, -0.2) is 4.98 Å². The van der Waals surface area contributed by atoms with Crippen LogP contribution in [0.5, 0.6) is 11.5 Å². The molecule has 382 valence electrons. The van der Waals surface area contributed by atoms with Gasteiger partial charge >= 0.3 is 0 Å². The molecule has 0 saturated carbocycles. The van der Waals surface area contributed by atoms with E-state index in [1.54, 1.807) is 116 Å². The minimum atomic E-state index is -0.236. The number of anilines is 8. The zero-order chi connectivity index (χ0) is 53.6. The van der Waals surface area contributed by atoms with Gasteiger partial charge in [-0.3, -0.25) is 14.6 Å². The summed E-state index contributed by atoms with van der Waals surface area (Å²) in [5.74, 6) is 0.602. The molecular weight excluding hydrogens is 1020 g/mol. The van der Waals surface area contributed by atoms with E-state index in [9.17, 15) is 9.59 Å². The molecule has 14 nitrogen and oxygen atoms in total. The molecule has 0 aliphatic heterocycles. The summed E-state index contributed by atoms with van der Waals surface area (Å²) in [5.41, 5.74) is 40.1. The van der Waals surface area contributed by atoms with Gasteiger partial charge in [0.1, 0.15) is 5.69 Å². The predicted molar refractivity (Wildman–Crippen MR) is 310 cm³/mol. The van der Waals surface area contributed by atoms with E-state index < -0.39 is 0 Å². The molecule has 0 unspecified atom stereocenters. The second kappa shape index (κ2) is 28.8. The van der Waals surface area contributed by atoms with Crippen LogP contribution in [0.1, 0.15) is 47.5 Å². The Kier molecular flexibility index (Phi) is 22.1. The second-order valence-electron chi connectivity index (χ2n) is 15.9. The number of hydrogen-bond donors (Lipinski definition) is 8. The maximum atomic E-state index is 12.3. The summed E-state index contributed by atoms with van der Waals surface area (Å²) in [7, 11) is 0. The van der Waals surface area contributed by atoms with Gasteiger partial charge in [-0.15, -0.1) is 0 Å². The molecule has 0 aliphatic carbocycles. The minimum Gasteiger partial charge on any atom is -0.491 e. The summed E-state index contributed by atoms with van der Waals surface area (Å²) in [6, 6.07) is 46.6. The molecule has 0 aliphatic rings. The van der Waals surface area contributed by atoms with Crippen LogP contribution in [0.4, 0.5) is 45.5 Å². The molecule has 0 radical (unpaired) electrons. The van der Waals surface area contributed by atoms with Gasteiger partial charge in [0, 0.05) is 68.7 Å². The van der Waals surface area contributed by atoms with Crippen LogP contribution < -0.4 is 54.5 Å². The van der Waals surface area contributed by atoms with Crippen molar-refractivity contribution in [3.63, 3.8) is 0 Å². The molecule has 2 aromatic heterocycles. The number of ether oxygens (including phenoxy) is 2. The van der Waals surface area contributed by atoms with Crippen molar-refractivity contribution in [3.05, 3.63) is 201 Å². The Morgan fingerprint density at radius 3 is 1.45 bits per heavy atom. The van der Waals surface area contributed by atoms with E-state index in [1.807, 2.05) is 61.5 Å². The molecular formula is C56H56Cl4N10O4. The molecule has 18 heteroatoms. The number of pyridine rings is 2. The lowest BCUT2D eigenvalue weighted by atomic mass is 10.1. The van der Waals surface area contributed by atoms with Gasteiger partial charge in [-0.05, 0) is 128 Å². The van der Waals surface area contributed by atoms with E-state index >= 15 is 0 Å². The highest BCUT2D eigenvalue weighted by molar-refractivity contribution is 6.38. The lowest BCUT2D eigenvalue weighted by Crippen LogP contribution is -2.13. The van der Waals surface area contributed by atoms with E-state index in [0.29, 0.717) is 90.2 Å². The van der Waals surface area contributed by atoms with Gasteiger partial charge in [0.05, 0.1) is 44.4 Å². The van der Waals surface area contributed by atoms with Crippen molar-refractivity contribution in [3.8, 4) is 11.5 Å². The number of fused-ring (bicyclic) bond motifs is 2. The average molecular weight is 1070 g/mol. The molecule has 7 aromatic carbocycles. The highest BCUT2D eigenvalue weighted by Gasteiger charge is 2.12. The molecule has 9 rings (SSSR count). The average Bonchev–Trinajstić information content (AvgIpc) is 3.38. The Hall–Kier alpha value is -8.14. The molecule has 0 spiro atoms. The topological polar surface area (TPSA) is 259 Å². The van der Waals surface area contributed by atoms with Crippen molar-refractivity contribution in [2.24, 2.45) is 0 Å². The fourth-order valence-corrected chi connectivity index (χ4v) is 7.64. The Bertz CT molecular complexity index is 3180. The molecule has 2 heterocycles. The molecule has 14 N–H and O–H groups in total. The van der Waals surface area contributed by atoms with Crippen LogP contribution in [0.25, 0.3) is 21.7 Å². The number of nitrogens with one attached hydrogen (secondary N) is 2. The van der Waals surface area contributed by atoms with Crippen LogP contribution in [-0.4, -0.2) is 35.0 Å². The number of amides is 2. The predicted octanol–water partition coefficient (Wildman–Crippen LogP) is 13.7. The number of nitrogens with zero attached hydrogens (tertiary/aromatic N) is 2. The SMILES string of the molecule is CCCCOc1c(Cl)cc(N)cc1Cl.CCOc1c(Cl)cc(N)cc1Cl.Nc1ccc(N)cc1.Nc1ccc(NC(=O)c2ccc3ccccc3n2)cc1.Nc1ccc(NC(=O)c2cncc3ccccc23)cc1. The van der Waals surface area contributed by atoms with E-state index in [4.69, 9.17) is 90.3 Å². The number of hydrogen-bond acceptors (Lipinski definition) is 12. The van der Waals surface area contributed by atoms with Gasteiger partial charge in [0.25, 0.3) is 11.8 Å². The van der Waals surface area contributed by atoms with Crippen LogP contribution in [0.2, 0.25) is 20.1 Å². The highest BCUT2D eigenvalue weighted by Crippen LogP contribution is 2.36. The molecule has 74 heavy (non-hydrogen) atoms. The van der Waals surface area contributed by atoms with Crippen LogP contribution in [0.15, 0.2) is 170 Å². The van der Waals surface area contributed by atoms with Gasteiger partial charge < -0.3 is 54.5 Å². The largest absolute Gasteiger partial charge is 0.491 e. The first-order valence-corrected chi connectivity index (χ1v) is 24.4. The zero-order valence-corrected chi connectivity index (χ0v) is 43.5. The smallest absolute Gasteiger partial charge is 0.274 e. The first-order chi connectivity index (χ1) is 35.5. The summed E-state index contributed by atoms with van der Waals surface area (Å²) < 4.78 is 10.6. The van der Waals surface area contributed by atoms with Crippen molar-refractivity contribution in [1.29, 1.82) is 0 Å². The summed E-state index contributed by atoms with van der Waals surface area (Å²) in [4.78, 5) is 32.9. The first-order valence-electron chi connectivity index (χ1n) is 22.9. The third-order valence-electron chi connectivity index (χ3n) is 10.1. The fourth-order valence-electron chi connectivity index (χ4n) is 6.41. The maximum absolute atomic E-state index is 12.3. The van der Waals surface area contributed by atoms with E-state index in [0.717, 1.165) is 45.9 Å². The number of benzene rings is 7. The molecule has 0 saturated heterocycles. The quantitative estimate of drug-likeness (QED) is 0.0470. The maximum Gasteiger partial charge on any atom is 0.274 e. The number of nitrogen functional groups attached to an aromatic ring is 6. The Labute approximate surface area is 449 Å². The molecule has 0 bridgehead atoms. The third-order valence-corrected chi connectivity index (χ3v) is 11.2. The number of carbonyl (C=O) groups excluding carboxylic acids is 2. The van der Waals surface area contributed by atoms with Crippen molar-refractivity contribution < 1.29 is 19.1 Å². The number of rotatable bonds is 10. The number of unbranched alkanes of at least 4 members (excludes halogenated alkanes) is 1. The van der Waals surface area contributed by atoms with Crippen LogP contribution in [0.3, 0.4) is 0 Å². The molecule has 9 aromatic rings. The van der Waals surface area contributed by atoms with Crippen LogP contribution in [0, 0.1) is 0 Å². The lowest BCUT2D eigenvalue weighted by Gasteiger charge is -2.09. The van der Waals surface area contributed by atoms with Crippen molar-refractivity contribution in [1.82, 2.24) is 9.97 Å². The highest BCUT2D eigenvalue weighted by atomic mass is 35.5. The zero-order valence-electron chi connectivity index (χ0n) is 40.5. The standard InChI is InChI=1S/2C16H13N3O.C10H13Cl2NO.C8H9Cl2NO.C6H8N2/c17-12-6-8-13(9-7-12)18-16(20)15-10-5-11-3-1-2-4-14(11)19-15;17-12-5-7-13(8-6-12)19-16(20)15-10-18-9-11-3-1-2-4-14(11)15;1-2-3-4-14-10-8(11)5-7(13)6-9(10)12;1-2-12-8-6(9)3-5(11)4-7(8)10;7-5-1-2-6(8)4-3-5/h1-10H,17H2,(H,18,20);1-10H,17H2,(H,19,20);5-6H,2-4,13H2,1H3;3-4H,2,11H2,1H3;1-4H,7-8H2. The van der Waals surface area contributed by atoms with Crippen molar-refractivity contribution in [2.45, 2.75) is 26.7 Å². The Balaban J connectivity index is 0.000000177. The van der Waals surface area contributed by atoms with Crippen molar-refractivity contribution in [2.75, 3.05) is 58.2 Å². The van der Waals surface area contributed by atoms with Crippen LogP contribution in [-0.2, 0) is 0 Å². The first kappa shape index (κ1) is 56.8. The van der Waals surface area contributed by atoms with E-state index in [-0.39, 0.29) is 11.8 Å². The Morgan fingerprint density at radius 1 is 0.500 bits per heavy atom. The minimum absolute atomic E-state index is 0.181. The molecule has 2 amide bonds. The summed E-state index contributed by atoms with van der Waals surface area (Å²) in [6.45, 7) is 5.11.